The lowest BCUT2D eigenvalue weighted by molar-refractivity contribution is 0.0856. The van der Waals surface area contributed by atoms with E-state index in [1.54, 1.807) is 13.8 Å². The third kappa shape index (κ3) is 2.66. The van der Waals surface area contributed by atoms with Crippen molar-refractivity contribution in [2.24, 2.45) is 0 Å². The van der Waals surface area contributed by atoms with E-state index in [0.29, 0.717) is 17.3 Å². The van der Waals surface area contributed by atoms with Crippen molar-refractivity contribution in [1.82, 2.24) is 15.6 Å². The Morgan fingerprint density at radius 2 is 2.06 bits per heavy atom. The molecule has 1 aromatic rings. The number of nitrogens with one attached hydrogen (secondary N) is 2. The molecular weight excluding hydrogens is 218 g/mol. The molecule has 0 saturated carbocycles. The fraction of sp³-hybridized carbons (Fsp3) is 0.667. The van der Waals surface area contributed by atoms with E-state index in [1.165, 1.54) is 0 Å². The van der Waals surface area contributed by atoms with Gasteiger partial charge in [-0.2, -0.15) is 0 Å². The van der Waals surface area contributed by atoms with Gasteiger partial charge in [0.05, 0.1) is 5.69 Å². The molecule has 0 bridgehead atoms. The Kier molecular flexibility index (Phi) is 3.19. The lowest BCUT2D eigenvalue weighted by Gasteiger charge is -2.34. The van der Waals surface area contributed by atoms with Gasteiger partial charge >= 0.3 is 0 Å². The number of carbonyl (C=O) groups excluding carboxylic acids is 1. The van der Waals surface area contributed by atoms with Crippen LogP contribution >= 0.6 is 0 Å². The molecule has 0 aromatic carbocycles. The van der Waals surface area contributed by atoms with Gasteiger partial charge < -0.3 is 15.1 Å². The SMILES string of the molecule is Cc1nc(C)c(C(=O)NC2(C)CCNCC2)o1. The Bertz CT molecular complexity index is 419. The van der Waals surface area contributed by atoms with Crippen molar-refractivity contribution in [3.8, 4) is 0 Å². The molecule has 1 aromatic heterocycles. The average Bonchev–Trinajstić information content (AvgIpc) is 2.58. The molecular formula is C12H19N3O2. The molecule has 94 valence electrons. The summed E-state index contributed by atoms with van der Waals surface area (Å²) in [6, 6.07) is 0. The lowest BCUT2D eigenvalue weighted by Crippen LogP contribution is -2.52. The minimum atomic E-state index is -0.160. The van der Waals surface area contributed by atoms with Gasteiger partial charge in [-0.1, -0.05) is 0 Å². The molecule has 0 aliphatic carbocycles. The summed E-state index contributed by atoms with van der Waals surface area (Å²) in [7, 11) is 0. The number of amides is 1. The standard InChI is InChI=1S/C12H19N3O2/c1-8-10(17-9(2)14-8)11(16)15-12(3)4-6-13-7-5-12/h13H,4-7H2,1-3H3,(H,15,16). The van der Waals surface area contributed by atoms with Crippen molar-refractivity contribution in [2.75, 3.05) is 13.1 Å². The van der Waals surface area contributed by atoms with E-state index >= 15 is 0 Å². The molecule has 5 heteroatoms. The highest BCUT2D eigenvalue weighted by Gasteiger charge is 2.30. The number of rotatable bonds is 2. The molecule has 1 fully saturated rings. The van der Waals surface area contributed by atoms with Crippen molar-refractivity contribution in [2.45, 2.75) is 39.2 Å². The summed E-state index contributed by atoms with van der Waals surface area (Å²) in [6.45, 7) is 7.48. The van der Waals surface area contributed by atoms with Crippen LogP contribution in [-0.4, -0.2) is 29.5 Å². The van der Waals surface area contributed by atoms with Crippen molar-refractivity contribution in [3.05, 3.63) is 17.3 Å². The zero-order chi connectivity index (χ0) is 12.5. The predicted octanol–water partition coefficient (Wildman–Crippen LogP) is 1.16. The number of hydrogen-bond donors (Lipinski definition) is 2. The molecule has 0 radical (unpaired) electrons. The molecule has 17 heavy (non-hydrogen) atoms. The first-order chi connectivity index (χ1) is 8.00. The molecule has 0 atom stereocenters. The second-order valence-corrected chi connectivity index (χ2v) is 4.91. The van der Waals surface area contributed by atoms with Crippen LogP contribution in [0.15, 0.2) is 4.42 Å². The van der Waals surface area contributed by atoms with Crippen LogP contribution in [0.3, 0.4) is 0 Å². The van der Waals surface area contributed by atoms with Gasteiger partial charge in [-0.15, -0.1) is 0 Å². The van der Waals surface area contributed by atoms with Crippen molar-refractivity contribution in [3.63, 3.8) is 0 Å². The first-order valence-corrected chi connectivity index (χ1v) is 5.97. The van der Waals surface area contributed by atoms with Crippen LogP contribution in [0.2, 0.25) is 0 Å². The van der Waals surface area contributed by atoms with E-state index in [-0.39, 0.29) is 11.4 Å². The fourth-order valence-corrected chi connectivity index (χ4v) is 2.18. The molecule has 0 unspecified atom stereocenters. The molecule has 2 heterocycles. The Labute approximate surface area is 101 Å². The Balaban J connectivity index is 2.08. The Morgan fingerprint density at radius 3 is 2.59 bits per heavy atom. The van der Waals surface area contributed by atoms with Crippen LogP contribution in [0.25, 0.3) is 0 Å². The molecule has 1 saturated heterocycles. The lowest BCUT2D eigenvalue weighted by atomic mass is 9.90. The third-order valence-corrected chi connectivity index (χ3v) is 3.23. The highest BCUT2D eigenvalue weighted by atomic mass is 16.4. The van der Waals surface area contributed by atoms with E-state index in [1.807, 2.05) is 0 Å². The molecule has 2 N–H and O–H groups in total. The van der Waals surface area contributed by atoms with Gasteiger partial charge in [-0.3, -0.25) is 4.79 Å². The van der Waals surface area contributed by atoms with E-state index in [0.717, 1.165) is 25.9 Å². The van der Waals surface area contributed by atoms with Crippen molar-refractivity contribution >= 4 is 5.91 Å². The maximum Gasteiger partial charge on any atom is 0.289 e. The molecule has 2 rings (SSSR count). The summed E-state index contributed by atoms with van der Waals surface area (Å²) in [4.78, 5) is 16.2. The normalized spacial score (nSPS) is 19.0. The van der Waals surface area contributed by atoms with Crippen LogP contribution < -0.4 is 10.6 Å². The Morgan fingerprint density at radius 1 is 1.41 bits per heavy atom. The average molecular weight is 237 g/mol. The van der Waals surface area contributed by atoms with Crippen LogP contribution in [0, 0.1) is 13.8 Å². The summed E-state index contributed by atoms with van der Waals surface area (Å²) in [6.07, 6.45) is 1.87. The maximum atomic E-state index is 12.1. The predicted molar refractivity (Wildman–Crippen MR) is 64.0 cm³/mol. The zero-order valence-electron chi connectivity index (χ0n) is 10.6. The first-order valence-electron chi connectivity index (χ1n) is 5.97. The van der Waals surface area contributed by atoms with Gasteiger partial charge in [-0.05, 0) is 39.8 Å². The number of aryl methyl sites for hydroxylation is 2. The van der Waals surface area contributed by atoms with Gasteiger partial charge in [0.15, 0.2) is 5.89 Å². The van der Waals surface area contributed by atoms with Crippen LogP contribution in [0.5, 0.6) is 0 Å². The van der Waals surface area contributed by atoms with Crippen molar-refractivity contribution in [1.29, 1.82) is 0 Å². The fourth-order valence-electron chi connectivity index (χ4n) is 2.18. The summed E-state index contributed by atoms with van der Waals surface area (Å²) >= 11 is 0. The summed E-state index contributed by atoms with van der Waals surface area (Å²) in [5.41, 5.74) is 0.507. The van der Waals surface area contributed by atoms with Crippen LogP contribution in [0.1, 0.15) is 41.9 Å². The highest BCUT2D eigenvalue weighted by Crippen LogP contribution is 2.19. The number of aromatic nitrogens is 1. The minimum absolute atomic E-state index is 0.143. The second kappa shape index (κ2) is 4.49. The van der Waals surface area contributed by atoms with Crippen molar-refractivity contribution < 1.29 is 9.21 Å². The van der Waals surface area contributed by atoms with Gasteiger partial charge in [0.1, 0.15) is 0 Å². The third-order valence-electron chi connectivity index (χ3n) is 3.23. The van der Waals surface area contributed by atoms with E-state index in [2.05, 4.69) is 22.5 Å². The largest absolute Gasteiger partial charge is 0.436 e. The van der Waals surface area contributed by atoms with E-state index in [9.17, 15) is 4.79 Å². The summed E-state index contributed by atoms with van der Waals surface area (Å²) in [5, 5.41) is 6.33. The zero-order valence-corrected chi connectivity index (χ0v) is 10.6. The number of oxazole rings is 1. The monoisotopic (exact) mass is 237 g/mol. The number of hydrogen-bond acceptors (Lipinski definition) is 4. The molecule has 1 aliphatic heterocycles. The molecule has 0 spiro atoms. The van der Waals surface area contributed by atoms with Gasteiger partial charge in [0.2, 0.25) is 5.76 Å². The summed E-state index contributed by atoms with van der Waals surface area (Å²) < 4.78 is 5.32. The van der Waals surface area contributed by atoms with E-state index in [4.69, 9.17) is 4.42 Å². The smallest absolute Gasteiger partial charge is 0.289 e. The van der Waals surface area contributed by atoms with E-state index < -0.39 is 0 Å². The molecule has 1 amide bonds. The summed E-state index contributed by atoms with van der Waals surface area (Å²) in [5.74, 6) is 0.706. The quantitative estimate of drug-likeness (QED) is 0.810. The van der Waals surface area contributed by atoms with Crippen LogP contribution in [-0.2, 0) is 0 Å². The number of carbonyl (C=O) groups is 1. The topological polar surface area (TPSA) is 67.2 Å². The highest BCUT2D eigenvalue weighted by molar-refractivity contribution is 5.92. The second-order valence-electron chi connectivity index (χ2n) is 4.91. The maximum absolute atomic E-state index is 12.1. The van der Waals surface area contributed by atoms with Crippen LogP contribution in [0.4, 0.5) is 0 Å². The minimum Gasteiger partial charge on any atom is -0.436 e. The Hall–Kier alpha value is -1.36. The first kappa shape index (κ1) is 12.1. The molecule has 1 aliphatic rings. The molecule has 5 nitrogen and oxygen atoms in total. The van der Waals surface area contributed by atoms with Gasteiger partial charge in [0, 0.05) is 12.5 Å². The number of nitrogens with zero attached hydrogens (tertiary/aromatic N) is 1. The van der Waals surface area contributed by atoms with Gasteiger partial charge in [-0.25, -0.2) is 4.98 Å². The van der Waals surface area contributed by atoms with Gasteiger partial charge in [0.25, 0.3) is 5.91 Å². The number of piperidine rings is 1.